The molecule has 1 heterocycles. The fraction of sp³-hybridized carbons (Fsp3) is 0.727. The molecule has 1 aliphatic rings. The fourth-order valence-corrected chi connectivity index (χ4v) is 2.13. The molecule has 0 aromatic carbocycles. The molecule has 0 saturated carbocycles. The number of esters is 1. The molecule has 0 bridgehead atoms. The van der Waals surface area contributed by atoms with E-state index in [1.807, 2.05) is 0 Å². The van der Waals surface area contributed by atoms with Crippen LogP contribution >= 0.6 is 0 Å². The van der Waals surface area contributed by atoms with Gasteiger partial charge in [0.1, 0.15) is 12.0 Å². The summed E-state index contributed by atoms with van der Waals surface area (Å²) in [6.45, 7) is 6.05. The number of methoxy groups -OCH3 is 1. The molecule has 0 saturated heterocycles. The van der Waals surface area contributed by atoms with Crippen molar-refractivity contribution in [1.29, 1.82) is 0 Å². The molecule has 0 amide bonds. The predicted molar refractivity (Wildman–Crippen MR) is 62.1 cm³/mol. The third-order valence-electron chi connectivity index (χ3n) is 3.12. The molecule has 0 radical (unpaired) electrons. The Morgan fingerprint density at radius 2 is 1.89 bits per heavy atom. The van der Waals surface area contributed by atoms with Crippen LogP contribution in [-0.2, 0) is 14.3 Å². The Labute approximate surface area is 105 Å². The van der Waals surface area contributed by atoms with E-state index in [1.54, 1.807) is 0 Å². The van der Waals surface area contributed by atoms with Gasteiger partial charge < -0.3 is 15.2 Å². The molecule has 0 spiro atoms. The van der Waals surface area contributed by atoms with Crippen LogP contribution in [0.2, 0.25) is 0 Å². The first-order chi connectivity index (χ1) is 8.06. The van der Waals surface area contributed by atoms with Gasteiger partial charge in [-0.3, -0.25) is 9.59 Å². The van der Waals surface area contributed by atoms with Crippen molar-refractivity contribution in [2.24, 2.45) is 0 Å². The standard InChI is InChI=1S/C11H18N2O5/c1-10(2)9(7(14)6-8(15)18-5)12(16)11(3,4)13(10)17/h17H,6H2,1-5H3. The average Bonchev–Trinajstić information content (AvgIpc) is 2.37. The molecule has 18 heavy (non-hydrogen) atoms. The lowest BCUT2D eigenvalue weighted by Gasteiger charge is -2.29. The van der Waals surface area contributed by atoms with E-state index in [0.29, 0.717) is 4.74 Å². The van der Waals surface area contributed by atoms with Gasteiger partial charge in [-0.05, 0) is 13.8 Å². The van der Waals surface area contributed by atoms with Crippen LogP contribution in [0.4, 0.5) is 0 Å². The van der Waals surface area contributed by atoms with Crippen molar-refractivity contribution in [3.63, 3.8) is 0 Å². The Balaban J connectivity index is 3.17. The second-order valence-electron chi connectivity index (χ2n) is 5.18. The third kappa shape index (κ3) is 1.99. The zero-order chi connectivity index (χ0) is 14.3. The molecule has 0 fully saturated rings. The highest BCUT2D eigenvalue weighted by molar-refractivity contribution is 6.43. The van der Waals surface area contributed by atoms with E-state index in [9.17, 15) is 20.0 Å². The number of nitrogens with zero attached hydrogens (tertiary/aromatic N) is 2. The molecule has 7 nitrogen and oxygen atoms in total. The lowest BCUT2D eigenvalue weighted by Crippen LogP contribution is -2.52. The summed E-state index contributed by atoms with van der Waals surface area (Å²) in [4.78, 5) is 23.0. The van der Waals surface area contributed by atoms with Gasteiger partial charge in [0, 0.05) is 13.8 Å². The zero-order valence-electron chi connectivity index (χ0n) is 11.2. The topological polar surface area (TPSA) is 92.9 Å². The Kier molecular flexibility index (Phi) is 3.51. The second-order valence-corrected chi connectivity index (χ2v) is 5.18. The molecule has 0 aromatic rings. The van der Waals surface area contributed by atoms with Crippen LogP contribution in [0, 0.1) is 5.21 Å². The summed E-state index contributed by atoms with van der Waals surface area (Å²) in [5, 5.41) is 22.9. The maximum absolute atomic E-state index is 12.1. The minimum absolute atomic E-state index is 0.152. The fourth-order valence-electron chi connectivity index (χ4n) is 2.13. The Bertz CT molecular complexity index is 425. The lowest BCUT2D eigenvalue weighted by molar-refractivity contribution is -0.580. The number of ether oxygens (including phenoxy) is 1. The number of carbonyl (C=O) groups is 2. The minimum Gasteiger partial charge on any atom is -0.622 e. The smallest absolute Gasteiger partial charge is 0.313 e. The van der Waals surface area contributed by atoms with Gasteiger partial charge in [-0.2, -0.15) is 4.74 Å². The van der Waals surface area contributed by atoms with E-state index < -0.39 is 29.4 Å². The van der Waals surface area contributed by atoms with E-state index in [1.165, 1.54) is 27.7 Å². The van der Waals surface area contributed by atoms with Crippen LogP contribution in [0.25, 0.3) is 0 Å². The van der Waals surface area contributed by atoms with Crippen molar-refractivity contribution in [3.05, 3.63) is 5.21 Å². The van der Waals surface area contributed by atoms with E-state index >= 15 is 0 Å². The van der Waals surface area contributed by atoms with E-state index in [0.717, 1.165) is 12.2 Å². The highest BCUT2D eigenvalue weighted by Crippen LogP contribution is 2.32. The lowest BCUT2D eigenvalue weighted by atomic mass is 9.94. The number of hydroxylamine groups is 3. The molecular formula is C11H18N2O5. The van der Waals surface area contributed by atoms with Gasteiger partial charge in [0.2, 0.25) is 11.4 Å². The van der Waals surface area contributed by atoms with Crippen LogP contribution in [0.1, 0.15) is 34.1 Å². The molecule has 1 rings (SSSR count). The van der Waals surface area contributed by atoms with Crippen molar-refractivity contribution in [1.82, 2.24) is 5.06 Å². The van der Waals surface area contributed by atoms with E-state index in [-0.39, 0.29) is 5.71 Å². The van der Waals surface area contributed by atoms with E-state index in [2.05, 4.69) is 4.74 Å². The van der Waals surface area contributed by atoms with Gasteiger partial charge in [0.05, 0.1) is 7.11 Å². The van der Waals surface area contributed by atoms with Gasteiger partial charge in [-0.25, -0.2) is 0 Å². The van der Waals surface area contributed by atoms with Gasteiger partial charge in [-0.1, -0.05) is 0 Å². The maximum atomic E-state index is 12.1. The molecule has 0 unspecified atom stereocenters. The number of rotatable bonds is 3. The summed E-state index contributed by atoms with van der Waals surface area (Å²) in [5.41, 5.74) is -2.57. The molecule has 1 N–H and O–H groups in total. The molecule has 1 aliphatic heterocycles. The Morgan fingerprint density at radius 1 is 1.39 bits per heavy atom. The minimum atomic E-state index is -1.26. The Hall–Kier alpha value is -1.47. The summed E-state index contributed by atoms with van der Waals surface area (Å²) in [6.07, 6.45) is -0.516. The first kappa shape index (κ1) is 14.6. The molecule has 0 atom stereocenters. The average molecular weight is 258 g/mol. The SMILES string of the molecule is COC(=O)CC(=O)C1=[N+]([O-])C(C)(C)N(O)C1(C)C. The molecule has 7 heteroatoms. The zero-order valence-corrected chi connectivity index (χ0v) is 11.2. The number of hydrogen-bond donors (Lipinski definition) is 1. The molecule has 0 aliphatic carbocycles. The van der Waals surface area contributed by atoms with Gasteiger partial charge in [-0.15, -0.1) is 5.06 Å². The van der Waals surface area contributed by atoms with Crippen molar-refractivity contribution in [3.8, 4) is 0 Å². The van der Waals surface area contributed by atoms with Crippen LogP contribution in [0.5, 0.6) is 0 Å². The first-order valence-corrected chi connectivity index (χ1v) is 5.50. The van der Waals surface area contributed by atoms with Crippen molar-refractivity contribution in [2.75, 3.05) is 7.11 Å². The number of carbonyl (C=O) groups excluding carboxylic acids is 2. The van der Waals surface area contributed by atoms with Crippen LogP contribution < -0.4 is 0 Å². The molecule has 102 valence electrons. The van der Waals surface area contributed by atoms with Crippen molar-refractivity contribution in [2.45, 2.75) is 45.3 Å². The van der Waals surface area contributed by atoms with Crippen LogP contribution in [-0.4, -0.2) is 50.8 Å². The Morgan fingerprint density at radius 3 is 2.22 bits per heavy atom. The van der Waals surface area contributed by atoms with Gasteiger partial charge >= 0.3 is 5.97 Å². The highest BCUT2D eigenvalue weighted by atomic mass is 16.6. The number of Topliss-reactive ketones (excluding diaryl/α,β-unsaturated/α-hetero) is 1. The van der Waals surface area contributed by atoms with E-state index in [4.69, 9.17) is 0 Å². The normalized spacial score (nSPS) is 22.1. The second kappa shape index (κ2) is 4.33. The van der Waals surface area contributed by atoms with Gasteiger partial charge in [0.25, 0.3) is 5.71 Å². The predicted octanol–water partition coefficient (Wildman–Crippen LogP) is 0.289. The largest absolute Gasteiger partial charge is 0.622 e. The van der Waals surface area contributed by atoms with Crippen molar-refractivity contribution < 1.29 is 24.3 Å². The monoisotopic (exact) mass is 258 g/mol. The van der Waals surface area contributed by atoms with Crippen molar-refractivity contribution >= 4 is 17.5 Å². The maximum Gasteiger partial charge on any atom is 0.313 e. The summed E-state index contributed by atoms with van der Waals surface area (Å²) in [5.74, 6) is -1.36. The van der Waals surface area contributed by atoms with Crippen LogP contribution in [0.15, 0.2) is 0 Å². The van der Waals surface area contributed by atoms with Gasteiger partial charge in [0.15, 0.2) is 0 Å². The molecule has 0 aromatic heterocycles. The highest BCUT2D eigenvalue weighted by Gasteiger charge is 2.58. The first-order valence-electron chi connectivity index (χ1n) is 5.50. The number of ketones is 1. The summed E-state index contributed by atoms with van der Waals surface area (Å²) in [7, 11) is 1.16. The summed E-state index contributed by atoms with van der Waals surface area (Å²) < 4.78 is 4.84. The third-order valence-corrected chi connectivity index (χ3v) is 3.12. The number of hydrogen-bond acceptors (Lipinski definition) is 6. The van der Waals surface area contributed by atoms with Crippen LogP contribution in [0.3, 0.4) is 0 Å². The quantitative estimate of drug-likeness (QED) is 0.338. The summed E-state index contributed by atoms with van der Waals surface area (Å²) >= 11 is 0. The molecular weight excluding hydrogens is 240 g/mol. The summed E-state index contributed by atoms with van der Waals surface area (Å²) in [6, 6.07) is 0.